The van der Waals surface area contributed by atoms with Crippen molar-refractivity contribution in [3.63, 3.8) is 0 Å². The number of sulfonamides is 2. The molecule has 3 aromatic carbocycles. The number of nitrogens with zero attached hydrogens (tertiary/aromatic N) is 2. The Morgan fingerprint density at radius 2 is 1.65 bits per heavy atom. The monoisotopic (exact) mass is 589 g/mol. The molecule has 1 fully saturated rings. The maximum absolute atomic E-state index is 13.6. The molecule has 0 spiro atoms. The lowest BCUT2D eigenvalue weighted by Crippen LogP contribution is -2.40. The normalized spacial score (nSPS) is 14.3. The van der Waals surface area contributed by atoms with E-state index < -0.39 is 32.5 Å². The third-order valence-corrected chi connectivity index (χ3v) is 9.80. The molecular formula is C27H31N3O8S2. The Kier molecular flexibility index (Phi) is 9.30. The van der Waals surface area contributed by atoms with Gasteiger partial charge in [0.25, 0.3) is 10.0 Å². The number of morpholine rings is 1. The summed E-state index contributed by atoms with van der Waals surface area (Å²) in [5.41, 5.74) is 0.459. The van der Waals surface area contributed by atoms with Gasteiger partial charge in [0.05, 0.1) is 37.5 Å². The predicted octanol–water partition coefficient (Wildman–Crippen LogP) is 2.95. The Balaban J connectivity index is 1.61. The van der Waals surface area contributed by atoms with Gasteiger partial charge in [-0.05, 0) is 61.5 Å². The van der Waals surface area contributed by atoms with Gasteiger partial charge in [0.15, 0.2) is 0 Å². The smallest absolute Gasteiger partial charge is 0.264 e. The van der Waals surface area contributed by atoms with Crippen LogP contribution in [-0.2, 0) is 29.6 Å². The van der Waals surface area contributed by atoms with Crippen LogP contribution in [0.15, 0.2) is 82.6 Å². The third-order valence-electron chi connectivity index (χ3n) is 6.09. The zero-order valence-corrected chi connectivity index (χ0v) is 23.8. The molecule has 1 aliphatic heterocycles. The molecule has 0 saturated carbocycles. The van der Waals surface area contributed by atoms with Gasteiger partial charge in [-0.1, -0.05) is 18.2 Å². The lowest BCUT2D eigenvalue weighted by molar-refractivity contribution is -0.114. The first-order valence-electron chi connectivity index (χ1n) is 12.5. The van der Waals surface area contributed by atoms with Crippen LogP contribution in [0.5, 0.6) is 11.5 Å². The van der Waals surface area contributed by atoms with E-state index in [0.29, 0.717) is 12.4 Å². The largest absolute Gasteiger partial charge is 0.495 e. The van der Waals surface area contributed by atoms with Crippen LogP contribution in [0.3, 0.4) is 0 Å². The van der Waals surface area contributed by atoms with E-state index in [2.05, 4.69) is 5.32 Å². The highest BCUT2D eigenvalue weighted by atomic mass is 32.2. The van der Waals surface area contributed by atoms with E-state index in [9.17, 15) is 21.6 Å². The van der Waals surface area contributed by atoms with E-state index in [-0.39, 0.29) is 53.2 Å². The van der Waals surface area contributed by atoms with Gasteiger partial charge in [-0.2, -0.15) is 4.31 Å². The van der Waals surface area contributed by atoms with E-state index in [1.807, 2.05) is 6.92 Å². The number of hydrogen-bond acceptors (Lipinski definition) is 8. The lowest BCUT2D eigenvalue weighted by atomic mass is 10.3. The molecule has 1 heterocycles. The summed E-state index contributed by atoms with van der Waals surface area (Å²) in [5.74, 6) is -0.0282. The van der Waals surface area contributed by atoms with Crippen molar-refractivity contribution in [1.82, 2.24) is 4.31 Å². The SMILES string of the molecule is CCOc1ccc(S(=O)(=O)N(CC(=O)Nc2ccc(OC)c(S(=O)(=O)N3CCOCC3)c2)c2ccccc2)cc1. The summed E-state index contributed by atoms with van der Waals surface area (Å²) in [6.07, 6.45) is 0. The van der Waals surface area contributed by atoms with Crippen LogP contribution < -0.4 is 19.1 Å². The number of nitrogens with one attached hydrogen (secondary N) is 1. The molecule has 0 aliphatic carbocycles. The second-order valence-electron chi connectivity index (χ2n) is 8.68. The number of anilines is 2. The fourth-order valence-electron chi connectivity index (χ4n) is 4.12. The van der Waals surface area contributed by atoms with Crippen molar-refractivity contribution in [3.8, 4) is 11.5 Å². The molecule has 1 N–H and O–H groups in total. The maximum atomic E-state index is 13.6. The zero-order chi connectivity index (χ0) is 28.8. The van der Waals surface area contributed by atoms with Gasteiger partial charge in [0.2, 0.25) is 15.9 Å². The van der Waals surface area contributed by atoms with Crippen LogP contribution in [0.25, 0.3) is 0 Å². The molecule has 1 aliphatic rings. The third kappa shape index (κ3) is 6.55. The molecule has 4 rings (SSSR count). The Morgan fingerprint density at radius 1 is 0.975 bits per heavy atom. The standard InChI is InChI=1S/C27H31N3O8S2/c1-3-38-23-10-12-24(13-11-23)39(32,33)30(22-7-5-4-6-8-22)20-27(31)28-21-9-14-25(36-2)26(19-21)40(34,35)29-15-17-37-18-16-29/h4-14,19H,3,15-18,20H2,1-2H3,(H,28,31). The first kappa shape index (κ1) is 29.3. The van der Waals surface area contributed by atoms with Crippen LogP contribution in [-0.4, -0.2) is 73.6 Å². The van der Waals surface area contributed by atoms with Crippen molar-refractivity contribution in [2.24, 2.45) is 0 Å². The summed E-state index contributed by atoms with van der Waals surface area (Å²) in [4.78, 5) is 13.1. The maximum Gasteiger partial charge on any atom is 0.264 e. The predicted molar refractivity (Wildman–Crippen MR) is 150 cm³/mol. The van der Waals surface area contributed by atoms with Crippen molar-refractivity contribution in [1.29, 1.82) is 0 Å². The molecule has 0 bridgehead atoms. The van der Waals surface area contributed by atoms with E-state index in [1.165, 1.54) is 41.7 Å². The molecule has 13 heteroatoms. The number of para-hydroxylation sites is 1. The number of ether oxygens (including phenoxy) is 3. The summed E-state index contributed by atoms with van der Waals surface area (Å²) in [6.45, 7) is 2.63. The molecular weight excluding hydrogens is 558 g/mol. The summed E-state index contributed by atoms with van der Waals surface area (Å²) >= 11 is 0. The van der Waals surface area contributed by atoms with Gasteiger partial charge < -0.3 is 19.5 Å². The van der Waals surface area contributed by atoms with Gasteiger partial charge in [-0.3, -0.25) is 9.10 Å². The molecule has 3 aromatic rings. The molecule has 11 nitrogen and oxygen atoms in total. The number of amides is 1. The Hall–Kier alpha value is -3.65. The highest BCUT2D eigenvalue weighted by molar-refractivity contribution is 7.92. The molecule has 0 unspecified atom stereocenters. The second-order valence-corrected chi connectivity index (χ2v) is 12.5. The number of carbonyl (C=O) groups excluding carboxylic acids is 1. The second kappa shape index (κ2) is 12.7. The first-order chi connectivity index (χ1) is 19.2. The minimum absolute atomic E-state index is 0.0176. The molecule has 1 amide bonds. The number of methoxy groups -OCH3 is 1. The van der Waals surface area contributed by atoms with Gasteiger partial charge >= 0.3 is 0 Å². The van der Waals surface area contributed by atoms with E-state index >= 15 is 0 Å². The summed E-state index contributed by atoms with van der Waals surface area (Å²) in [6, 6.07) is 18.4. The van der Waals surface area contributed by atoms with Crippen LogP contribution in [0.1, 0.15) is 6.92 Å². The Labute approximate surface area is 234 Å². The first-order valence-corrected chi connectivity index (χ1v) is 15.4. The van der Waals surface area contributed by atoms with Crippen LogP contribution >= 0.6 is 0 Å². The quantitative estimate of drug-likeness (QED) is 0.361. The van der Waals surface area contributed by atoms with Crippen LogP contribution in [0.2, 0.25) is 0 Å². The Morgan fingerprint density at radius 3 is 2.27 bits per heavy atom. The van der Waals surface area contributed by atoms with Crippen LogP contribution in [0, 0.1) is 0 Å². The van der Waals surface area contributed by atoms with Crippen molar-refractivity contribution in [2.45, 2.75) is 16.7 Å². The van der Waals surface area contributed by atoms with Crippen LogP contribution in [0.4, 0.5) is 11.4 Å². The molecule has 40 heavy (non-hydrogen) atoms. The molecule has 214 valence electrons. The van der Waals surface area contributed by atoms with Gasteiger partial charge in [-0.25, -0.2) is 16.8 Å². The van der Waals surface area contributed by atoms with Gasteiger partial charge in [-0.15, -0.1) is 0 Å². The minimum atomic E-state index is -4.15. The van der Waals surface area contributed by atoms with Crippen molar-refractivity contribution in [2.75, 3.05) is 56.2 Å². The average molecular weight is 590 g/mol. The number of benzene rings is 3. The molecule has 1 saturated heterocycles. The Bertz CT molecular complexity index is 1520. The van der Waals surface area contributed by atoms with E-state index in [4.69, 9.17) is 14.2 Å². The van der Waals surface area contributed by atoms with E-state index in [1.54, 1.807) is 42.5 Å². The highest BCUT2D eigenvalue weighted by Gasteiger charge is 2.31. The summed E-state index contributed by atoms with van der Waals surface area (Å²) < 4.78 is 72.1. The van der Waals surface area contributed by atoms with Crippen molar-refractivity contribution >= 4 is 37.3 Å². The lowest BCUT2D eigenvalue weighted by Gasteiger charge is -2.27. The van der Waals surface area contributed by atoms with Crippen molar-refractivity contribution < 1.29 is 35.8 Å². The zero-order valence-electron chi connectivity index (χ0n) is 22.1. The number of carbonyl (C=O) groups is 1. The summed E-state index contributed by atoms with van der Waals surface area (Å²) in [5, 5.41) is 2.63. The topological polar surface area (TPSA) is 132 Å². The number of hydrogen-bond donors (Lipinski definition) is 1. The fourth-order valence-corrected chi connectivity index (χ4v) is 7.13. The van der Waals surface area contributed by atoms with Gasteiger partial charge in [0.1, 0.15) is 22.9 Å². The highest BCUT2D eigenvalue weighted by Crippen LogP contribution is 2.31. The fraction of sp³-hybridized carbons (Fsp3) is 0.296. The number of rotatable bonds is 11. The molecule has 0 aromatic heterocycles. The molecule has 0 radical (unpaired) electrons. The molecule has 0 atom stereocenters. The van der Waals surface area contributed by atoms with Crippen molar-refractivity contribution in [3.05, 3.63) is 72.8 Å². The minimum Gasteiger partial charge on any atom is -0.495 e. The van der Waals surface area contributed by atoms with Gasteiger partial charge in [0, 0.05) is 18.8 Å². The average Bonchev–Trinajstić information content (AvgIpc) is 2.97. The van der Waals surface area contributed by atoms with E-state index in [0.717, 1.165) is 4.31 Å². The summed E-state index contributed by atoms with van der Waals surface area (Å²) in [7, 11) is -6.73.